The van der Waals surface area contributed by atoms with Gasteiger partial charge in [0.2, 0.25) is 0 Å². The standard InChI is InChI=1S/C13H14N6O/c1-8-5-10(18-17-8)6-9(2)19-7-16-12-11(13(19)20)14-3-4-15-12/h3-5,7,9H,6H2,1-2H3,(H,17,18). The summed E-state index contributed by atoms with van der Waals surface area (Å²) < 4.78 is 1.57. The Balaban J connectivity index is 1.97. The van der Waals surface area contributed by atoms with E-state index in [9.17, 15) is 4.79 Å². The number of fused-ring (bicyclic) bond motifs is 1. The van der Waals surface area contributed by atoms with Crippen molar-refractivity contribution in [3.05, 3.63) is 46.5 Å². The maximum absolute atomic E-state index is 12.4. The summed E-state index contributed by atoms with van der Waals surface area (Å²) in [7, 11) is 0. The van der Waals surface area contributed by atoms with Crippen molar-refractivity contribution in [2.24, 2.45) is 0 Å². The minimum absolute atomic E-state index is 0.0518. The average molecular weight is 270 g/mol. The van der Waals surface area contributed by atoms with Gasteiger partial charge in [0.15, 0.2) is 11.2 Å². The van der Waals surface area contributed by atoms with E-state index in [0.29, 0.717) is 17.6 Å². The van der Waals surface area contributed by atoms with Crippen LogP contribution >= 0.6 is 0 Å². The van der Waals surface area contributed by atoms with Crippen LogP contribution in [0.3, 0.4) is 0 Å². The summed E-state index contributed by atoms with van der Waals surface area (Å²) in [5.74, 6) is 0. The molecule has 3 heterocycles. The third kappa shape index (κ3) is 2.18. The maximum atomic E-state index is 12.4. The molecule has 7 heteroatoms. The first kappa shape index (κ1) is 12.5. The number of aromatic amines is 1. The number of nitrogens with one attached hydrogen (secondary N) is 1. The summed E-state index contributed by atoms with van der Waals surface area (Å²) in [6.45, 7) is 3.90. The van der Waals surface area contributed by atoms with Gasteiger partial charge in [0.1, 0.15) is 6.33 Å². The fourth-order valence-corrected chi connectivity index (χ4v) is 2.16. The smallest absolute Gasteiger partial charge is 0.281 e. The highest BCUT2D eigenvalue weighted by Gasteiger charge is 2.13. The molecule has 1 unspecified atom stereocenters. The molecule has 3 aromatic rings. The molecule has 0 radical (unpaired) electrons. The summed E-state index contributed by atoms with van der Waals surface area (Å²) in [4.78, 5) is 24.6. The average Bonchev–Trinajstić information content (AvgIpc) is 2.84. The SMILES string of the molecule is Cc1cc(CC(C)n2cnc3nccnc3c2=O)n[nH]1. The minimum Gasteiger partial charge on any atom is -0.294 e. The quantitative estimate of drug-likeness (QED) is 0.767. The van der Waals surface area contributed by atoms with E-state index in [1.807, 2.05) is 19.9 Å². The van der Waals surface area contributed by atoms with E-state index in [1.165, 1.54) is 18.7 Å². The molecule has 0 spiro atoms. The third-order valence-electron chi connectivity index (χ3n) is 3.16. The Morgan fingerprint density at radius 2 is 2.10 bits per heavy atom. The van der Waals surface area contributed by atoms with E-state index in [4.69, 9.17) is 0 Å². The zero-order valence-electron chi connectivity index (χ0n) is 11.2. The van der Waals surface area contributed by atoms with Crippen molar-refractivity contribution in [2.45, 2.75) is 26.3 Å². The van der Waals surface area contributed by atoms with Gasteiger partial charge < -0.3 is 0 Å². The van der Waals surface area contributed by atoms with Gasteiger partial charge in [-0.3, -0.25) is 14.5 Å². The Morgan fingerprint density at radius 3 is 2.85 bits per heavy atom. The number of rotatable bonds is 3. The first-order valence-corrected chi connectivity index (χ1v) is 6.34. The summed E-state index contributed by atoms with van der Waals surface area (Å²) >= 11 is 0. The second kappa shape index (κ2) is 4.84. The van der Waals surface area contributed by atoms with Crippen LogP contribution < -0.4 is 5.56 Å². The Kier molecular flexibility index (Phi) is 3.02. The zero-order chi connectivity index (χ0) is 14.1. The second-order valence-electron chi connectivity index (χ2n) is 4.78. The number of hydrogen-bond acceptors (Lipinski definition) is 5. The van der Waals surface area contributed by atoms with Gasteiger partial charge in [0.25, 0.3) is 5.56 Å². The van der Waals surface area contributed by atoms with Gasteiger partial charge in [0, 0.05) is 30.6 Å². The van der Waals surface area contributed by atoms with Gasteiger partial charge in [-0.15, -0.1) is 0 Å². The molecule has 20 heavy (non-hydrogen) atoms. The molecule has 1 N–H and O–H groups in total. The normalized spacial score (nSPS) is 12.7. The molecule has 0 aliphatic rings. The van der Waals surface area contributed by atoms with Gasteiger partial charge >= 0.3 is 0 Å². The second-order valence-corrected chi connectivity index (χ2v) is 4.78. The highest BCUT2D eigenvalue weighted by Crippen LogP contribution is 2.11. The Labute approximate surface area is 114 Å². The van der Waals surface area contributed by atoms with Crippen molar-refractivity contribution < 1.29 is 0 Å². The Morgan fingerprint density at radius 1 is 1.30 bits per heavy atom. The van der Waals surface area contributed by atoms with Crippen LogP contribution in [0.1, 0.15) is 24.4 Å². The lowest BCUT2D eigenvalue weighted by Gasteiger charge is -2.13. The first-order chi connectivity index (χ1) is 9.65. The fourth-order valence-electron chi connectivity index (χ4n) is 2.16. The molecule has 1 atom stereocenters. The van der Waals surface area contributed by atoms with Crippen molar-refractivity contribution in [1.82, 2.24) is 29.7 Å². The molecular weight excluding hydrogens is 256 g/mol. The molecule has 7 nitrogen and oxygen atoms in total. The number of aromatic nitrogens is 6. The molecule has 3 rings (SSSR count). The van der Waals surface area contributed by atoms with Gasteiger partial charge in [-0.2, -0.15) is 5.10 Å². The number of hydrogen-bond donors (Lipinski definition) is 1. The zero-order valence-corrected chi connectivity index (χ0v) is 11.2. The highest BCUT2D eigenvalue weighted by molar-refractivity contribution is 5.66. The summed E-state index contributed by atoms with van der Waals surface area (Å²) in [6.07, 6.45) is 5.19. The molecule has 3 aromatic heterocycles. The topological polar surface area (TPSA) is 89.3 Å². The number of H-pyrrole nitrogens is 1. The summed E-state index contributed by atoms with van der Waals surface area (Å²) in [5.41, 5.74) is 2.41. The Hall–Kier alpha value is -2.57. The third-order valence-corrected chi connectivity index (χ3v) is 3.16. The molecule has 0 saturated carbocycles. The molecule has 0 aromatic carbocycles. The van der Waals surface area contributed by atoms with Crippen LogP contribution in [0.25, 0.3) is 11.2 Å². The largest absolute Gasteiger partial charge is 0.294 e. The van der Waals surface area contributed by atoms with E-state index in [2.05, 4.69) is 25.1 Å². The van der Waals surface area contributed by atoms with E-state index < -0.39 is 0 Å². The highest BCUT2D eigenvalue weighted by atomic mass is 16.1. The fraction of sp³-hybridized carbons (Fsp3) is 0.308. The van der Waals surface area contributed by atoms with Crippen molar-refractivity contribution in [3.8, 4) is 0 Å². The maximum Gasteiger partial charge on any atom is 0.281 e. The van der Waals surface area contributed by atoms with Crippen molar-refractivity contribution >= 4 is 11.2 Å². The number of nitrogens with zero attached hydrogens (tertiary/aromatic N) is 5. The summed E-state index contributed by atoms with van der Waals surface area (Å²) in [6, 6.07) is 1.92. The lowest BCUT2D eigenvalue weighted by molar-refractivity contribution is 0.516. The minimum atomic E-state index is -0.178. The molecule has 0 saturated heterocycles. The van der Waals surface area contributed by atoms with Crippen LogP contribution in [0, 0.1) is 6.92 Å². The van der Waals surface area contributed by atoms with Crippen molar-refractivity contribution in [1.29, 1.82) is 0 Å². The monoisotopic (exact) mass is 270 g/mol. The van der Waals surface area contributed by atoms with Crippen LogP contribution in [0.2, 0.25) is 0 Å². The van der Waals surface area contributed by atoms with E-state index >= 15 is 0 Å². The van der Waals surface area contributed by atoms with E-state index in [-0.39, 0.29) is 11.6 Å². The molecule has 0 amide bonds. The van der Waals surface area contributed by atoms with E-state index in [1.54, 1.807) is 4.57 Å². The van der Waals surface area contributed by atoms with E-state index in [0.717, 1.165) is 11.4 Å². The molecule has 0 fully saturated rings. The van der Waals surface area contributed by atoms with Gasteiger partial charge in [0.05, 0.1) is 5.69 Å². The van der Waals surface area contributed by atoms with Gasteiger partial charge in [-0.05, 0) is 19.9 Å². The molecule has 0 bridgehead atoms. The number of aryl methyl sites for hydroxylation is 1. The van der Waals surface area contributed by atoms with Crippen LogP contribution in [-0.4, -0.2) is 29.7 Å². The molecular formula is C13H14N6O. The molecule has 102 valence electrons. The van der Waals surface area contributed by atoms with Crippen LogP contribution in [0.15, 0.2) is 29.6 Å². The van der Waals surface area contributed by atoms with Gasteiger partial charge in [-0.25, -0.2) is 15.0 Å². The van der Waals surface area contributed by atoms with Crippen LogP contribution in [0.4, 0.5) is 0 Å². The molecule has 0 aliphatic carbocycles. The first-order valence-electron chi connectivity index (χ1n) is 6.34. The van der Waals surface area contributed by atoms with Gasteiger partial charge in [-0.1, -0.05) is 0 Å². The Bertz CT molecular complexity index is 806. The molecule has 0 aliphatic heterocycles. The van der Waals surface area contributed by atoms with Crippen molar-refractivity contribution in [3.63, 3.8) is 0 Å². The van der Waals surface area contributed by atoms with Crippen LogP contribution in [0.5, 0.6) is 0 Å². The van der Waals surface area contributed by atoms with Crippen molar-refractivity contribution in [2.75, 3.05) is 0 Å². The summed E-state index contributed by atoms with van der Waals surface area (Å²) in [5, 5.41) is 7.08. The van der Waals surface area contributed by atoms with Crippen LogP contribution in [-0.2, 0) is 6.42 Å². The lowest BCUT2D eigenvalue weighted by Crippen LogP contribution is -2.25. The predicted octanol–water partition coefficient (Wildman–Crippen LogP) is 1.02. The lowest BCUT2D eigenvalue weighted by atomic mass is 10.1. The predicted molar refractivity (Wildman–Crippen MR) is 73.3 cm³/mol.